The van der Waals surface area contributed by atoms with Gasteiger partial charge in [0.1, 0.15) is 11.6 Å². The number of rotatable bonds is 3. The zero-order chi connectivity index (χ0) is 22.2. The van der Waals surface area contributed by atoms with Crippen molar-refractivity contribution in [3.05, 3.63) is 65.7 Å². The van der Waals surface area contributed by atoms with Crippen molar-refractivity contribution in [2.24, 2.45) is 0 Å². The van der Waals surface area contributed by atoms with Gasteiger partial charge in [0.15, 0.2) is 5.65 Å². The molecule has 0 spiro atoms. The molecule has 2 aromatic carbocycles. The van der Waals surface area contributed by atoms with Gasteiger partial charge in [0.2, 0.25) is 5.95 Å². The third-order valence-electron chi connectivity index (χ3n) is 5.94. The maximum atomic E-state index is 14.2. The van der Waals surface area contributed by atoms with Crippen LogP contribution in [0.25, 0.3) is 16.6 Å². The van der Waals surface area contributed by atoms with Crippen molar-refractivity contribution in [2.45, 2.75) is 26.2 Å². The molecule has 0 bridgehead atoms. The summed E-state index contributed by atoms with van der Waals surface area (Å²) in [6.45, 7) is 6.56. The molecule has 0 N–H and O–H groups in total. The summed E-state index contributed by atoms with van der Waals surface area (Å²) in [5.74, 6) is 1.07. The van der Waals surface area contributed by atoms with Crippen LogP contribution in [0.5, 0.6) is 0 Å². The first kappa shape index (κ1) is 20.4. The van der Waals surface area contributed by atoms with E-state index in [0.717, 1.165) is 41.3 Å². The van der Waals surface area contributed by atoms with E-state index in [1.165, 1.54) is 6.07 Å². The lowest BCUT2D eigenvalue weighted by Gasteiger charge is -2.24. The predicted molar refractivity (Wildman–Crippen MR) is 122 cm³/mol. The third kappa shape index (κ3) is 3.45. The highest BCUT2D eigenvalue weighted by Gasteiger charge is 2.26. The van der Waals surface area contributed by atoms with Crippen molar-refractivity contribution >= 4 is 28.4 Å². The van der Waals surface area contributed by atoms with Gasteiger partial charge in [-0.3, -0.25) is 4.79 Å². The largest absolute Gasteiger partial charge is 0.340 e. The van der Waals surface area contributed by atoms with Gasteiger partial charge in [0.05, 0.1) is 11.1 Å². The van der Waals surface area contributed by atoms with E-state index in [1.54, 1.807) is 23.1 Å². The minimum Gasteiger partial charge on any atom is -0.340 e. The zero-order valence-corrected chi connectivity index (χ0v) is 18.2. The third-order valence-corrected chi connectivity index (χ3v) is 5.94. The Hall–Kier alpha value is -3.55. The van der Waals surface area contributed by atoms with E-state index in [0.29, 0.717) is 19.6 Å². The molecule has 32 heavy (non-hydrogen) atoms. The van der Waals surface area contributed by atoms with E-state index in [1.807, 2.05) is 28.7 Å². The van der Waals surface area contributed by atoms with Gasteiger partial charge < -0.3 is 9.80 Å². The van der Waals surface area contributed by atoms with Crippen molar-refractivity contribution in [3.63, 3.8) is 0 Å². The Labute approximate surface area is 185 Å². The average Bonchev–Trinajstić information content (AvgIpc) is 3.11. The second-order valence-electron chi connectivity index (χ2n) is 8.41. The maximum Gasteiger partial charge on any atom is 0.256 e. The molecule has 0 atom stereocenters. The number of hydrogen-bond donors (Lipinski definition) is 0. The fourth-order valence-electron chi connectivity index (χ4n) is 4.30. The normalized spacial score (nSPS) is 15.0. The quantitative estimate of drug-likeness (QED) is 0.491. The van der Waals surface area contributed by atoms with Gasteiger partial charge in [-0.1, -0.05) is 38.1 Å². The molecule has 5 rings (SSSR count). The van der Waals surface area contributed by atoms with Crippen molar-refractivity contribution in [1.82, 2.24) is 24.5 Å². The van der Waals surface area contributed by atoms with Gasteiger partial charge >= 0.3 is 0 Å². The summed E-state index contributed by atoms with van der Waals surface area (Å²) < 4.78 is 16.2. The van der Waals surface area contributed by atoms with Crippen LogP contribution in [-0.2, 0) is 0 Å². The number of hydrogen-bond acceptors (Lipinski definition) is 5. The number of carbonyl (C=O) groups is 1. The topological polar surface area (TPSA) is 66.6 Å². The first-order chi connectivity index (χ1) is 15.5. The van der Waals surface area contributed by atoms with Crippen LogP contribution >= 0.6 is 0 Å². The standard InChI is InChI=1S/C24H25FN6O/c1-16(2)21-27-28-22-18-9-4-6-11-20(18)26-24(31(21)22)30-13-7-12-29(14-15-30)23(32)17-8-3-5-10-19(17)25/h3-6,8-11,16H,7,12-15H2,1-2H3. The highest BCUT2D eigenvalue weighted by molar-refractivity contribution is 5.94. The summed E-state index contributed by atoms with van der Waals surface area (Å²) in [6.07, 6.45) is 0.759. The summed E-state index contributed by atoms with van der Waals surface area (Å²) in [6, 6.07) is 14.1. The number of aromatic nitrogens is 4. The molecular weight excluding hydrogens is 407 g/mol. The Morgan fingerprint density at radius 1 is 0.969 bits per heavy atom. The lowest BCUT2D eigenvalue weighted by Crippen LogP contribution is -2.36. The molecule has 1 amide bonds. The van der Waals surface area contributed by atoms with E-state index in [2.05, 4.69) is 28.9 Å². The first-order valence-corrected chi connectivity index (χ1v) is 11.0. The minimum atomic E-state index is -0.484. The molecule has 0 radical (unpaired) electrons. The average molecular weight is 433 g/mol. The fraction of sp³-hybridized carbons (Fsp3) is 0.333. The molecule has 1 aliphatic rings. The molecule has 0 unspecified atom stereocenters. The summed E-state index contributed by atoms with van der Waals surface area (Å²) >= 11 is 0. The number of para-hydroxylation sites is 1. The summed E-state index contributed by atoms with van der Waals surface area (Å²) in [4.78, 5) is 21.8. The minimum absolute atomic E-state index is 0.119. The second-order valence-corrected chi connectivity index (χ2v) is 8.41. The summed E-state index contributed by atoms with van der Waals surface area (Å²) in [5.41, 5.74) is 1.77. The number of carbonyl (C=O) groups excluding carboxylic acids is 1. The van der Waals surface area contributed by atoms with Crippen LogP contribution in [-0.4, -0.2) is 56.6 Å². The Balaban J connectivity index is 1.51. The monoisotopic (exact) mass is 432 g/mol. The van der Waals surface area contributed by atoms with Gasteiger partial charge in [-0.05, 0) is 30.7 Å². The van der Waals surface area contributed by atoms with Crippen LogP contribution in [0.2, 0.25) is 0 Å². The fourth-order valence-corrected chi connectivity index (χ4v) is 4.30. The Morgan fingerprint density at radius 2 is 1.75 bits per heavy atom. The smallest absolute Gasteiger partial charge is 0.256 e. The Morgan fingerprint density at radius 3 is 2.56 bits per heavy atom. The van der Waals surface area contributed by atoms with Gasteiger partial charge in [0, 0.05) is 37.5 Å². The van der Waals surface area contributed by atoms with Gasteiger partial charge in [-0.2, -0.15) is 0 Å². The van der Waals surface area contributed by atoms with E-state index < -0.39 is 5.82 Å². The summed E-state index contributed by atoms with van der Waals surface area (Å²) in [5, 5.41) is 9.90. The molecular formula is C24H25FN6O. The second kappa shape index (κ2) is 8.18. The number of fused-ring (bicyclic) bond motifs is 3. The Bertz CT molecular complexity index is 1300. The molecule has 0 aliphatic carbocycles. The SMILES string of the molecule is CC(C)c1nnc2c3ccccc3nc(N3CCCN(C(=O)c4ccccc4F)CC3)n12. The maximum absolute atomic E-state index is 14.2. The molecule has 0 saturated carbocycles. The van der Waals surface area contributed by atoms with E-state index in [4.69, 9.17) is 4.98 Å². The summed E-state index contributed by atoms with van der Waals surface area (Å²) in [7, 11) is 0. The molecule has 2 aromatic heterocycles. The lowest BCUT2D eigenvalue weighted by molar-refractivity contribution is 0.0762. The molecule has 1 aliphatic heterocycles. The molecule has 7 nitrogen and oxygen atoms in total. The number of anilines is 1. The van der Waals surface area contributed by atoms with Gasteiger partial charge in [-0.15, -0.1) is 10.2 Å². The zero-order valence-electron chi connectivity index (χ0n) is 18.2. The van der Waals surface area contributed by atoms with Crippen LogP contribution in [0.4, 0.5) is 10.3 Å². The molecule has 8 heteroatoms. The molecule has 164 valence electrons. The van der Waals surface area contributed by atoms with Crippen molar-refractivity contribution in [1.29, 1.82) is 0 Å². The van der Waals surface area contributed by atoms with E-state index >= 15 is 0 Å². The molecule has 3 heterocycles. The molecule has 1 saturated heterocycles. The molecule has 1 fully saturated rings. The van der Waals surface area contributed by atoms with E-state index in [-0.39, 0.29) is 17.4 Å². The van der Waals surface area contributed by atoms with Crippen LogP contribution in [0.15, 0.2) is 48.5 Å². The number of nitrogens with zero attached hydrogens (tertiary/aromatic N) is 6. The van der Waals surface area contributed by atoms with Crippen molar-refractivity contribution < 1.29 is 9.18 Å². The van der Waals surface area contributed by atoms with E-state index in [9.17, 15) is 9.18 Å². The van der Waals surface area contributed by atoms with Crippen molar-refractivity contribution in [2.75, 3.05) is 31.1 Å². The van der Waals surface area contributed by atoms with Crippen LogP contribution in [0.1, 0.15) is 42.4 Å². The van der Waals surface area contributed by atoms with Crippen LogP contribution in [0, 0.1) is 5.82 Å². The Kier molecular flexibility index (Phi) is 5.20. The first-order valence-electron chi connectivity index (χ1n) is 11.0. The van der Waals surface area contributed by atoms with Gasteiger partial charge in [0.25, 0.3) is 5.91 Å². The van der Waals surface area contributed by atoms with Crippen molar-refractivity contribution in [3.8, 4) is 0 Å². The number of benzene rings is 2. The lowest BCUT2D eigenvalue weighted by atomic mass is 10.2. The number of amides is 1. The predicted octanol–water partition coefficient (Wildman–Crippen LogP) is 3.89. The van der Waals surface area contributed by atoms with Crippen LogP contribution < -0.4 is 4.90 Å². The number of halogens is 1. The highest BCUT2D eigenvalue weighted by Crippen LogP contribution is 2.27. The van der Waals surface area contributed by atoms with Crippen LogP contribution in [0.3, 0.4) is 0 Å². The molecule has 4 aromatic rings. The highest BCUT2D eigenvalue weighted by atomic mass is 19.1. The van der Waals surface area contributed by atoms with Gasteiger partial charge in [-0.25, -0.2) is 13.8 Å².